The SMILES string of the molecule is O=C(/C=C/c1ccccc1OC(F)F)NCC(O)c1ccco1. The van der Waals surface area contributed by atoms with Gasteiger partial charge in [-0.25, -0.2) is 0 Å². The van der Waals surface area contributed by atoms with E-state index in [-0.39, 0.29) is 12.3 Å². The van der Waals surface area contributed by atoms with Crippen molar-refractivity contribution in [1.82, 2.24) is 5.32 Å². The Bertz CT molecular complexity index is 656. The summed E-state index contributed by atoms with van der Waals surface area (Å²) in [6.45, 7) is -2.98. The summed E-state index contributed by atoms with van der Waals surface area (Å²) in [5.41, 5.74) is 0.342. The number of alkyl halides is 2. The molecule has 0 fully saturated rings. The Morgan fingerprint density at radius 2 is 2.09 bits per heavy atom. The number of hydrogen-bond donors (Lipinski definition) is 2. The number of nitrogens with one attached hydrogen (secondary N) is 1. The first-order valence-electron chi connectivity index (χ1n) is 6.77. The van der Waals surface area contributed by atoms with Gasteiger partial charge in [0.15, 0.2) is 0 Å². The third kappa shape index (κ3) is 5.23. The van der Waals surface area contributed by atoms with E-state index in [4.69, 9.17) is 4.42 Å². The molecule has 1 aromatic heterocycles. The van der Waals surface area contributed by atoms with Gasteiger partial charge in [0.1, 0.15) is 17.6 Å². The van der Waals surface area contributed by atoms with Crippen molar-refractivity contribution >= 4 is 12.0 Å². The van der Waals surface area contributed by atoms with Crippen LogP contribution in [-0.2, 0) is 4.79 Å². The number of benzene rings is 1. The third-order valence-corrected chi connectivity index (χ3v) is 2.89. The van der Waals surface area contributed by atoms with Crippen molar-refractivity contribution < 1.29 is 27.8 Å². The normalized spacial score (nSPS) is 12.5. The van der Waals surface area contributed by atoms with E-state index in [0.717, 1.165) is 0 Å². The summed E-state index contributed by atoms with van der Waals surface area (Å²) in [7, 11) is 0. The lowest BCUT2D eigenvalue weighted by Crippen LogP contribution is -2.26. The van der Waals surface area contributed by atoms with E-state index in [1.807, 2.05) is 0 Å². The summed E-state index contributed by atoms with van der Waals surface area (Å²) < 4.78 is 33.9. The van der Waals surface area contributed by atoms with Gasteiger partial charge in [0.2, 0.25) is 5.91 Å². The quantitative estimate of drug-likeness (QED) is 0.769. The molecule has 1 atom stereocenters. The predicted molar refractivity (Wildman–Crippen MR) is 78.8 cm³/mol. The zero-order valence-corrected chi connectivity index (χ0v) is 12.0. The Morgan fingerprint density at radius 3 is 2.78 bits per heavy atom. The number of aliphatic hydroxyl groups is 1. The van der Waals surface area contributed by atoms with Crippen LogP contribution in [0, 0.1) is 0 Å². The average molecular weight is 323 g/mol. The topological polar surface area (TPSA) is 71.7 Å². The van der Waals surface area contributed by atoms with Gasteiger partial charge in [0.05, 0.1) is 12.8 Å². The third-order valence-electron chi connectivity index (χ3n) is 2.89. The van der Waals surface area contributed by atoms with Gasteiger partial charge in [0.25, 0.3) is 0 Å². The summed E-state index contributed by atoms with van der Waals surface area (Å²) >= 11 is 0. The minimum atomic E-state index is -2.94. The number of para-hydroxylation sites is 1. The van der Waals surface area contributed by atoms with Gasteiger partial charge >= 0.3 is 6.61 Å². The van der Waals surface area contributed by atoms with Gasteiger partial charge in [-0.1, -0.05) is 18.2 Å². The summed E-state index contributed by atoms with van der Waals surface area (Å²) in [6, 6.07) is 9.32. The van der Waals surface area contributed by atoms with E-state index in [9.17, 15) is 18.7 Å². The molecule has 23 heavy (non-hydrogen) atoms. The number of hydrogen-bond acceptors (Lipinski definition) is 4. The molecular weight excluding hydrogens is 308 g/mol. The zero-order valence-electron chi connectivity index (χ0n) is 12.0. The number of halogens is 2. The Balaban J connectivity index is 1.91. The zero-order chi connectivity index (χ0) is 16.7. The van der Waals surface area contributed by atoms with Crippen LogP contribution in [0.25, 0.3) is 6.08 Å². The van der Waals surface area contributed by atoms with E-state index in [2.05, 4.69) is 10.1 Å². The standard InChI is InChI=1S/C16H15F2NO4/c17-16(18)23-13-5-2-1-4-11(13)7-8-15(21)19-10-12(20)14-6-3-9-22-14/h1-9,12,16,20H,10H2,(H,19,21)/b8-7+. The molecule has 0 aliphatic heterocycles. The molecule has 0 aliphatic rings. The van der Waals surface area contributed by atoms with Gasteiger partial charge in [-0.2, -0.15) is 8.78 Å². The summed E-state index contributed by atoms with van der Waals surface area (Å²) in [6.07, 6.45) is 2.98. The molecule has 122 valence electrons. The predicted octanol–water partition coefficient (Wildman–Crippen LogP) is 2.74. The number of rotatable bonds is 7. The van der Waals surface area contributed by atoms with Crippen LogP contribution in [0.4, 0.5) is 8.78 Å². The van der Waals surface area contributed by atoms with Crippen molar-refractivity contribution in [3.8, 4) is 5.75 Å². The fourth-order valence-corrected chi connectivity index (χ4v) is 1.82. The molecule has 0 spiro atoms. The summed E-state index contributed by atoms with van der Waals surface area (Å²) in [5.74, 6) is -0.172. The van der Waals surface area contributed by atoms with Crippen molar-refractivity contribution in [2.45, 2.75) is 12.7 Å². The molecule has 5 nitrogen and oxygen atoms in total. The van der Waals surface area contributed by atoms with Gasteiger partial charge in [-0.3, -0.25) is 4.79 Å². The van der Waals surface area contributed by atoms with Crippen LogP contribution in [-0.4, -0.2) is 24.2 Å². The molecule has 0 bridgehead atoms. The number of aliphatic hydroxyl groups excluding tert-OH is 1. The molecule has 0 radical (unpaired) electrons. The largest absolute Gasteiger partial charge is 0.467 e. The van der Waals surface area contributed by atoms with E-state index in [1.54, 1.807) is 30.3 Å². The lowest BCUT2D eigenvalue weighted by Gasteiger charge is -2.08. The van der Waals surface area contributed by atoms with Crippen molar-refractivity contribution in [1.29, 1.82) is 0 Å². The fourth-order valence-electron chi connectivity index (χ4n) is 1.82. The number of ether oxygens (including phenoxy) is 1. The van der Waals surface area contributed by atoms with Crippen LogP contribution in [0.2, 0.25) is 0 Å². The van der Waals surface area contributed by atoms with Crippen LogP contribution in [0.15, 0.2) is 53.2 Å². The maximum atomic E-state index is 12.3. The Labute approximate surface area is 131 Å². The highest BCUT2D eigenvalue weighted by atomic mass is 19.3. The van der Waals surface area contributed by atoms with Crippen molar-refractivity contribution in [2.75, 3.05) is 6.54 Å². The maximum Gasteiger partial charge on any atom is 0.387 e. The van der Waals surface area contributed by atoms with E-state index in [1.165, 1.54) is 24.5 Å². The molecule has 1 heterocycles. The van der Waals surface area contributed by atoms with Crippen LogP contribution in [0.1, 0.15) is 17.4 Å². The minimum Gasteiger partial charge on any atom is -0.467 e. The molecule has 0 saturated heterocycles. The molecular formula is C16H15F2NO4. The highest BCUT2D eigenvalue weighted by Crippen LogP contribution is 2.21. The molecule has 1 amide bonds. The van der Waals surface area contributed by atoms with Crippen LogP contribution < -0.4 is 10.1 Å². The first-order valence-corrected chi connectivity index (χ1v) is 6.77. The van der Waals surface area contributed by atoms with Crippen LogP contribution in [0.5, 0.6) is 5.75 Å². The summed E-state index contributed by atoms with van der Waals surface area (Å²) in [5, 5.41) is 12.2. The van der Waals surface area contributed by atoms with Gasteiger partial charge in [-0.05, 0) is 24.3 Å². The Hall–Kier alpha value is -2.67. The second-order valence-corrected chi connectivity index (χ2v) is 4.53. The highest BCUT2D eigenvalue weighted by molar-refractivity contribution is 5.92. The molecule has 2 rings (SSSR count). The maximum absolute atomic E-state index is 12.3. The average Bonchev–Trinajstić information content (AvgIpc) is 3.05. The first-order chi connectivity index (χ1) is 11.1. The number of carbonyl (C=O) groups is 1. The Morgan fingerprint density at radius 1 is 1.30 bits per heavy atom. The number of furan rings is 1. The van der Waals surface area contributed by atoms with Gasteiger partial charge in [0, 0.05) is 11.6 Å². The van der Waals surface area contributed by atoms with E-state index >= 15 is 0 Å². The van der Waals surface area contributed by atoms with Crippen molar-refractivity contribution in [3.05, 3.63) is 60.1 Å². The minimum absolute atomic E-state index is 0.0258. The van der Waals surface area contributed by atoms with Crippen LogP contribution in [0.3, 0.4) is 0 Å². The molecule has 1 unspecified atom stereocenters. The smallest absolute Gasteiger partial charge is 0.387 e. The van der Waals surface area contributed by atoms with Gasteiger partial charge < -0.3 is 19.6 Å². The highest BCUT2D eigenvalue weighted by Gasteiger charge is 2.11. The van der Waals surface area contributed by atoms with Crippen molar-refractivity contribution in [2.24, 2.45) is 0 Å². The lowest BCUT2D eigenvalue weighted by molar-refractivity contribution is -0.116. The molecule has 2 aromatic rings. The second-order valence-electron chi connectivity index (χ2n) is 4.53. The van der Waals surface area contributed by atoms with E-state index in [0.29, 0.717) is 11.3 Å². The lowest BCUT2D eigenvalue weighted by atomic mass is 10.2. The second kappa shape index (κ2) is 8.09. The molecule has 7 heteroatoms. The van der Waals surface area contributed by atoms with Gasteiger partial charge in [-0.15, -0.1) is 0 Å². The molecule has 2 N–H and O–H groups in total. The van der Waals surface area contributed by atoms with Crippen molar-refractivity contribution in [3.63, 3.8) is 0 Å². The summed E-state index contributed by atoms with van der Waals surface area (Å²) in [4.78, 5) is 11.7. The first kappa shape index (κ1) is 16.7. The molecule has 0 saturated carbocycles. The molecule has 0 aliphatic carbocycles. The number of amides is 1. The molecule has 1 aromatic carbocycles. The Kier molecular flexibility index (Phi) is 5.87. The number of carbonyl (C=O) groups excluding carboxylic acids is 1. The monoisotopic (exact) mass is 323 g/mol. The fraction of sp³-hybridized carbons (Fsp3) is 0.188. The van der Waals surface area contributed by atoms with Crippen LogP contribution >= 0.6 is 0 Å². The van der Waals surface area contributed by atoms with E-state index < -0.39 is 18.6 Å².